The molecule has 134 valence electrons. The van der Waals surface area contributed by atoms with E-state index >= 15 is 0 Å². The maximum Gasteiger partial charge on any atom is 0.355 e. The minimum Gasteiger partial charge on any atom is -0.476 e. The molecule has 0 aliphatic rings. The zero-order valence-electron chi connectivity index (χ0n) is 13.7. The fraction of sp³-hybridized carbons (Fsp3) is 0.312. The highest BCUT2D eigenvalue weighted by atomic mass is 32.2. The molecule has 1 heterocycles. The molecule has 0 saturated heterocycles. The Bertz CT molecular complexity index is 887. The van der Waals surface area contributed by atoms with E-state index < -0.39 is 27.0 Å². The van der Waals surface area contributed by atoms with Crippen LogP contribution in [0.1, 0.15) is 39.7 Å². The molecule has 9 heteroatoms. The second-order valence-electron chi connectivity index (χ2n) is 5.53. The Labute approximate surface area is 149 Å². The lowest BCUT2D eigenvalue weighted by molar-refractivity contribution is 0.0690. The van der Waals surface area contributed by atoms with Crippen molar-refractivity contribution in [2.24, 2.45) is 0 Å². The normalized spacial score (nSPS) is 11.5. The van der Waals surface area contributed by atoms with Gasteiger partial charge in [0.05, 0.1) is 20.7 Å². The summed E-state index contributed by atoms with van der Waals surface area (Å²) in [6.07, 6.45) is 0.364. The molecule has 0 unspecified atom stereocenters. The van der Waals surface area contributed by atoms with Gasteiger partial charge in [-0.15, -0.1) is 11.3 Å². The van der Waals surface area contributed by atoms with Gasteiger partial charge in [-0.2, -0.15) is 0 Å². The van der Waals surface area contributed by atoms with Crippen LogP contribution in [-0.4, -0.2) is 42.2 Å². The summed E-state index contributed by atoms with van der Waals surface area (Å²) in [5, 5.41) is 12.9. The quantitative estimate of drug-likeness (QED) is 0.757. The first kappa shape index (κ1) is 19.1. The van der Waals surface area contributed by atoms with Crippen molar-refractivity contribution in [2.75, 3.05) is 6.54 Å². The van der Waals surface area contributed by atoms with Gasteiger partial charge in [0.15, 0.2) is 15.5 Å². The molecular weight excluding hydrogens is 364 g/mol. The van der Waals surface area contributed by atoms with Crippen molar-refractivity contribution < 1.29 is 23.1 Å². The van der Waals surface area contributed by atoms with E-state index in [2.05, 4.69) is 10.3 Å². The summed E-state index contributed by atoms with van der Waals surface area (Å²) >= 11 is 1.20. The number of carboxylic acids is 1. The number of carboxylic acid groups (broad SMARTS) is 1. The second kappa shape index (κ2) is 7.75. The highest BCUT2D eigenvalue weighted by Gasteiger charge is 2.25. The van der Waals surface area contributed by atoms with E-state index in [9.17, 15) is 18.0 Å². The molecule has 2 rings (SSSR count). The van der Waals surface area contributed by atoms with Crippen molar-refractivity contribution in [1.29, 1.82) is 0 Å². The number of carbonyl (C=O) groups excluding carboxylic acids is 1. The van der Waals surface area contributed by atoms with Crippen molar-refractivity contribution in [2.45, 2.75) is 30.4 Å². The van der Waals surface area contributed by atoms with Crippen molar-refractivity contribution in [3.63, 3.8) is 0 Å². The predicted octanol–water partition coefficient (Wildman–Crippen LogP) is 2.00. The third-order valence-electron chi connectivity index (χ3n) is 3.45. The molecular formula is C16H18N2O5S2. The lowest BCUT2D eigenvalue weighted by Gasteiger charge is -2.12. The molecule has 1 aromatic carbocycles. The zero-order chi connectivity index (χ0) is 18.6. The molecule has 7 nitrogen and oxygen atoms in total. The van der Waals surface area contributed by atoms with Gasteiger partial charge in [0, 0.05) is 18.3 Å². The molecule has 2 aromatic rings. The first-order chi connectivity index (χ1) is 11.7. The first-order valence-corrected chi connectivity index (χ1v) is 9.95. The van der Waals surface area contributed by atoms with E-state index in [-0.39, 0.29) is 22.7 Å². The first-order valence-electron chi connectivity index (χ1n) is 7.52. The van der Waals surface area contributed by atoms with E-state index in [1.54, 1.807) is 26.0 Å². The zero-order valence-corrected chi connectivity index (χ0v) is 15.4. The second-order valence-corrected chi connectivity index (χ2v) is 8.94. The van der Waals surface area contributed by atoms with Crippen molar-refractivity contribution in [3.05, 3.63) is 45.9 Å². The topological polar surface area (TPSA) is 113 Å². The van der Waals surface area contributed by atoms with Crippen LogP contribution in [0.25, 0.3) is 0 Å². The fourth-order valence-corrected chi connectivity index (χ4v) is 4.07. The van der Waals surface area contributed by atoms with Crippen LogP contribution in [0.5, 0.6) is 0 Å². The van der Waals surface area contributed by atoms with Crippen LogP contribution in [0.15, 0.2) is 34.5 Å². The largest absolute Gasteiger partial charge is 0.476 e. The number of nitrogens with zero attached hydrogens (tertiary/aromatic N) is 1. The molecule has 0 aliphatic heterocycles. The SMILES string of the molecule is CC(C)S(=O)(=O)c1ccccc1C(=O)NCCc1nc(C(=O)O)cs1. The highest BCUT2D eigenvalue weighted by molar-refractivity contribution is 7.92. The summed E-state index contributed by atoms with van der Waals surface area (Å²) in [5.41, 5.74) is 0.0706. The van der Waals surface area contributed by atoms with Crippen LogP contribution in [0.3, 0.4) is 0 Å². The number of aromatic nitrogens is 1. The Morgan fingerprint density at radius 1 is 1.28 bits per heavy atom. The van der Waals surface area contributed by atoms with Crippen molar-refractivity contribution >= 4 is 33.1 Å². The van der Waals surface area contributed by atoms with Crippen LogP contribution >= 0.6 is 11.3 Å². The van der Waals surface area contributed by atoms with Crippen LogP contribution in [0, 0.1) is 0 Å². The molecule has 2 N–H and O–H groups in total. The minimum atomic E-state index is -3.57. The maximum absolute atomic E-state index is 12.4. The molecule has 1 amide bonds. The van der Waals surface area contributed by atoms with Crippen molar-refractivity contribution in [1.82, 2.24) is 10.3 Å². The number of amides is 1. The van der Waals surface area contributed by atoms with Gasteiger partial charge in [0.2, 0.25) is 0 Å². The number of thiazole rings is 1. The number of benzene rings is 1. The Hall–Kier alpha value is -2.26. The summed E-state index contributed by atoms with van der Waals surface area (Å²) in [6.45, 7) is 3.35. The number of hydrogen-bond acceptors (Lipinski definition) is 6. The monoisotopic (exact) mass is 382 g/mol. The Balaban J connectivity index is 2.07. The lowest BCUT2D eigenvalue weighted by Crippen LogP contribution is -2.28. The number of hydrogen-bond donors (Lipinski definition) is 2. The molecule has 1 aromatic heterocycles. The van der Waals surface area contributed by atoms with Gasteiger partial charge >= 0.3 is 5.97 Å². The van der Waals surface area contributed by atoms with Gasteiger partial charge in [-0.05, 0) is 26.0 Å². The summed E-state index contributed by atoms with van der Waals surface area (Å²) in [4.78, 5) is 27.1. The smallest absolute Gasteiger partial charge is 0.355 e. The van der Waals surface area contributed by atoms with Crippen LogP contribution in [0.4, 0.5) is 0 Å². The number of nitrogens with one attached hydrogen (secondary N) is 1. The molecule has 0 bridgehead atoms. The highest BCUT2D eigenvalue weighted by Crippen LogP contribution is 2.20. The molecule has 0 fully saturated rings. The van der Waals surface area contributed by atoms with E-state index in [1.165, 1.54) is 28.8 Å². The van der Waals surface area contributed by atoms with Crippen LogP contribution < -0.4 is 5.32 Å². The van der Waals surface area contributed by atoms with Crippen LogP contribution in [0.2, 0.25) is 0 Å². The van der Waals surface area contributed by atoms with Gasteiger partial charge in [-0.25, -0.2) is 18.2 Å². The summed E-state index contributed by atoms with van der Waals surface area (Å²) in [7, 11) is -3.57. The number of carbonyl (C=O) groups is 2. The summed E-state index contributed by atoms with van der Waals surface area (Å²) < 4.78 is 24.8. The standard InChI is InChI=1S/C16H18N2O5S2/c1-10(2)25(22,23)13-6-4-3-5-11(13)15(19)17-8-7-14-18-12(9-24-14)16(20)21/h3-6,9-10H,7-8H2,1-2H3,(H,17,19)(H,20,21). The Morgan fingerprint density at radius 2 is 1.96 bits per heavy atom. The Kier molecular flexibility index (Phi) is 5.91. The Morgan fingerprint density at radius 3 is 2.56 bits per heavy atom. The third-order valence-corrected chi connectivity index (χ3v) is 6.57. The van der Waals surface area contributed by atoms with E-state index in [1.807, 2.05) is 0 Å². The summed E-state index contributed by atoms with van der Waals surface area (Å²) in [5.74, 6) is -1.59. The molecule has 0 atom stereocenters. The molecule has 0 saturated carbocycles. The van der Waals surface area contributed by atoms with E-state index in [0.29, 0.717) is 11.4 Å². The molecule has 0 spiro atoms. The number of rotatable bonds is 7. The third kappa shape index (κ3) is 4.43. The van der Waals surface area contributed by atoms with Gasteiger partial charge < -0.3 is 10.4 Å². The van der Waals surface area contributed by atoms with Gasteiger partial charge in [-0.1, -0.05) is 12.1 Å². The van der Waals surface area contributed by atoms with E-state index in [0.717, 1.165) is 0 Å². The average Bonchev–Trinajstić information content (AvgIpc) is 3.03. The maximum atomic E-state index is 12.4. The van der Waals surface area contributed by atoms with Gasteiger partial charge in [0.1, 0.15) is 0 Å². The van der Waals surface area contributed by atoms with Gasteiger partial charge in [-0.3, -0.25) is 4.79 Å². The van der Waals surface area contributed by atoms with Crippen LogP contribution in [-0.2, 0) is 16.3 Å². The summed E-state index contributed by atoms with van der Waals surface area (Å²) in [6, 6.07) is 6.07. The molecule has 0 aliphatic carbocycles. The molecule has 25 heavy (non-hydrogen) atoms. The van der Waals surface area contributed by atoms with E-state index in [4.69, 9.17) is 5.11 Å². The predicted molar refractivity (Wildman–Crippen MR) is 93.9 cm³/mol. The fourth-order valence-electron chi connectivity index (χ4n) is 2.06. The van der Waals surface area contributed by atoms with Gasteiger partial charge in [0.25, 0.3) is 5.91 Å². The minimum absolute atomic E-state index is 0.00455. The lowest BCUT2D eigenvalue weighted by atomic mass is 10.2. The molecule has 0 radical (unpaired) electrons. The average molecular weight is 382 g/mol. The van der Waals surface area contributed by atoms with Crippen molar-refractivity contribution in [3.8, 4) is 0 Å². The number of aromatic carboxylic acids is 1. The number of sulfone groups is 1.